The fourth-order valence-electron chi connectivity index (χ4n) is 3.11. The minimum absolute atomic E-state index is 0.152. The van der Waals surface area contributed by atoms with Gasteiger partial charge in [-0.15, -0.1) is 0 Å². The summed E-state index contributed by atoms with van der Waals surface area (Å²) < 4.78 is 0. The van der Waals surface area contributed by atoms with Crippen LogP contribution in [0.5, 0.6) is 0 Å². The van der Waals surface area contributed by atoms with E-state index < -0.39 is 0 Å². The number of carbonyl (C=O) groups excluding carboxylic acids is 1. The number of carbonyl (C=O) groups is 1. The standard InChI is InChI=1S/C24H20N2O/c27-24(25-22-16-15-20-11-7-8-12-21(20)17-22)26(23-13-5-2-6-14-23)18-19-9-3-1-4-10-19/h1-17H,18H2,(H,25,27). The zero-order valence-electron chi connectivity index (χ0n) is 14.9. The monoisotopic (exact) mass is 352 g/mol. The minimum atomic E-state index is -0.152. The van der Waals surface area contributed by atoms with Gasteiger partial charge in [0, 0.05) is 11.4 Å². The fourth-order valence-corrected chi connectivity index (χ4v) is 3.11. The number of fused-ring (bicyclic) bond motifs is 1. The Kier molecular flexibility index (Phi) is 4.84. The Labute approximate surface area is 158 Å². The third kappa shape index (κ3) is 3.98. The van der Waals surface area contributed by atoms with Gasteiger partial charge in [-0.05, 0) is 40.6 Å². The lowest BCUT2D eigenvalue weighted by molar-refractivity contribution is 0.256. The van der Waals surface area contributed by atoms with E-state index in [0.29, 0.717) is 6.54 Å². The van der Waals surface area contributed by atoms with Gasteiger partial charge in [-0.2, -0.15) is 0 Å². The van der Waals surface area contributed by atoms with Gasteiger partial charge in [0.1, 0.15) is 0 Å². The highest BCUT2D eigenvalue weighted by Crippen LogP contribution is 2.22. The highest BCUT2D eigenvalue weighted by molar-refractivity contribution is 6.02. The first kappa shape index (κ1) is 16.9. The fraction of sp³-hybridized carbons (Fsp3) is 0.0417. The van der Waals surface area contributed by atoms with E-state index in [9.17, 15) is 4.79 Å². The summed E-state index contributed by atoms with van der Waals surface area (Å²) in [6.07, 6.45) is 0. The topological polar surface area (TPSA) is 32.3 Å². The molecule has 0 radical (unpaired) electrons. The van der Waals surface area contributed by atoms with Crippen molar-refractivity contribution in [2.45, 2.75) is 6.54 Å². The second-order valence-corrected chi connectivity index (χ2v) is 6.40. The maximum Gasteiger partial charge on any atom is 0.326 e. The van der Waals surface area contributed by atoms with Crippen LogP contribution in [0.1, 0.15) is 5.56 Å². The molecule has 0 saturated carbocycles. The molecule has 0 saturated heterocycles. The van der Waals surface area contributed by atoms with Crippen LogP contribution < -0.4 is 10.2 Å². The molecule has 0 aromatic heterocycles. The predicted molar refractivity (Wildman–Crippen MR) is 112 cm³/mol. The summed E-state index contributed by atoms with van der Waals surface area (Å²) in [4.78, 5) is 14.8. The van der Waals surface area contributed by atoms with Crippen LogP contribution in [-0.4, -0.2) is 6.03 Å². The van der Waals surface area contributed by atoms with E-state index in [-0.39, 0.29) is 6.03 Å². The molecule has 0 fully saturated rings. The Balaban J connectivity index is 1.61. The minimum Gasteiger partial charge on any atom is -0.308 e. The van der Waals surface area contributed by atoms with E-state index in [1.165, 1.54) is 0 Å². The molecule has 4 rings (SSSR count). The number of urea groups is 1. The molecule has 0 spiro atoms. The highest BCUT2D eigenvalue weighted by atomic mass is 16.2. The summed E-state index contributed by atoms with van der Waals surface area (Å²) in [5, 5.41) is 5.29. The maximum atomic E-state index is 13.1. The van der Waals surface area contributed by atoms with Gasteiger partial charge in [-0.1, -0.05) is 78.9 Å². The van der Waals surface area contributed by atoms with Gasteiger partial charge in [0.15, 0.2) is 0 Å². The molecule has 0 atom stereocenters. The molecule has 3 heteroatoms. The third-order valence-corrected chi connectivity index (χ3v) is 4.50. The van der Waals surface area contributed by atoms with Crippen LogP contribution in [0.25, 0.3) is 10.8 Å². The van der Waals surface area contributed by atoms with Crippen molar-refractivity contribution in [2.75, 3.05) is 10.2 Å². The first-order chi connectivity index (χ1) is 13.3. The molecule has 2 amide bonds. The molecule has 0 aliphatic heterocycles. The van der Waals surface area contributed by atoms with Crippen LogP contribution >= 0.6 is 0 Å². The molecule has 0 bridgehead atoms. The van der Waals surface area contributed by atoms with E-state index in [1.807, 2.05) is 97.1 Å². The summed E-state index contributed by atoms with van der Waals surface area (Å²) in [7, 11) is 0. The Hall–Kier alpha value is -3.59. The Bertz CT molecular complexity index is 1050. The van der Waals surface area contributed by atoms with Crippen LogP contribution in [0.4, 0.5) is 16.2 Å². The van der Waals surface area contributed by atoms with Gasteiger partial charge < -0.3 is 5.32 Å². The van der Waals surface area contributed by atoms with Crippen molar-refractivity contribution in [3.63, 3.8) is 0 Å². The van der Waals surface area contributed by atoms with Crippen LogP contribution in [0.15, 0.2) is 103 Å². The number of rotatable bonds is 4. The molecule has 3 nitrogen and oxygen atoms in total. The lowest BCUT2D eigenvalue weighted by atomic mass is 10.1. The zero-order chi connectivity index (χ0) is 18.5. The van der Waals surface area contributed by atoms with E-state index in [1.54, 1.807) is 4.90 Å². The van der Waals surface area contributed by atoms with E-state index in [0.717, 1.165) is 27.7 Å². The van der Waals surface area contributed by atoms with Crippen LogP contribution in [0.2, 0.25) is 0 Å². The Morgan fingerprint density at radius 3 is 2.07 bits per heavy atom. The molecule has 0 aliphatic carbocycles. The lowest BCUT2D eigenvalue weighted by Gasteiger charge is -2.23. The second kappa shape index (κ2) is 7.75. The van der Waals surface area contributed by atoms with Crippen LogP contribution in [0, 0.1) is 0 Å². The van der Waals surface area contributed by atoms with Gasteiger partial charge in [0.05, 0.1) is 6.54 Å². The summed E-state index contributed by atoms with van der Waals surface area (Å²) in [6.45, 7) is 0.504. The maximum absolute atomic E-state index is 13.1. The highest BCUT2D eigenvalue weighted by Gasteiger charge is 2.16. The molecule has 132 valence electrons. The first-order valence-electron chi connectivity index (χ1n) is 8.96. The van der Waals surface area contributed by atoms with Crippen molar-refractivity contribution in [2.24, 2.45) is 0 Å². The number of benzene rings is 4. The molecule has 4 aromatic rings. The van der Waals surface area contributed by atoms with Crippen molar-refractivity contribution < 1.29 is 4.79 Å². The second-order valence-electron chi connectivity index (χ2n) is 6.40. The molecule has 0 aliphatic rings. The van der Waals surface area contributed by atoms with Crippen molar-refractivity contribution >= 4 is 28.2 Å². The van der Waals surface area contributed by atoms with Gasteiger partial charge in [-0.25, -0.2) is 4.79 Å². The summed E-state index contributed by atoms with van der Waals surface area (Å²) >= 11 is 0. The first-order valence-corrected chi connectivity index (χ1v) is 8.96. The number of anilines is 2. The number of hydrogen-bond donors (Lipinski definition) is 1. The van der Waals surface area contributed by atoms with E-state index >= 15 is 0 Å². The number of hydrogen-bond acceptors (Lipinski definition) is 1. The molecular weight excluding hydrogens is 332 g/mol. The average Bonchev–Trinajstić information content (AvgIpc) is 2.73. The Morgan fingerprint density at radius 1 is 0.704 bits per heavy atom. The number of amides is 2. The largest absolute Gasteiger partial charge is 0.326 e. The smallest absolute Gasteiger partial charge is 0.308 e. The van der Waals surface area contributed by atoms with E-state index in [4.69, 9.17) is 0 Å². The van der Waals surface area contributed by atoms with Crippen LogP contribution in [-0.2, 0) is 6.54 Å². The van der Waals surface area contributed by atoms with Crippen molar-refractivity contribution in [3.8, 4) is 0 Å². The Morgan fingerprint density at radius 2 is 1.33 bits per heavy atom. The SMILES string of the molecule is O=C(Nc1ccc2ccccc2c1)N(Cc1ccccc1)c1ccccc1. The zero-order valence-corrected chi connectivity index (χ0v) is 14.9. The number of para-hydroxylation sites is 1. The summed E-state index contributed by atoms with van der Waals surface area (Å²) in [5.41, 5.74) is 2.72. The van der Waals surface area contributed by atoms with Gasteiger partial charge >= 0.3 is 6.03 Å². The van der Waals surface area contributed by atoms with Crippen molar-refractivity contribution in [1.29, 1.82) is 0 Å². The van der Waals surface area contributed by atoms with Crippen molar-refractivity contribution in [1.82, 2.24) is 0 Å². The third-order valence-electron chi connectivity index (χ3n) is 4.50. The summed E-state index contributed by atoms with van der Waals surface area (Å²) in [6, 6.07) is 33.7. The molecule has 0 heterocycles. The van der Waals surface area contributed by atoms with Gasteiger partial charge in [0.25, 0.3) is 0 Å². The average molecular weight is 352 g/mol. The van der Waals surface area contributed by atoms with Crippen molar-refractivity contribution in [3.05, 3.63) is 109 Å². The van der Waals surface area contributed by atoms with Gasteiger partial charge in [0.2, 0.25) is 0 Å². The summed E-state index contributed by atoms with van der Waals surface area (Å²) in [5.74, 6) is 0. The molecule has 4 aromatic carbocycles. The molecule has 0 unspecified atom stereocenters. The predicted octanol–water partition coefficient (Wildman–Crippen LogP) is 6.08. The molecule has 1 N–H and O–H groups in total. The lowest BCUT2D eigenvalue weighted by Crippen LogP contribution is -2.34. The number of nitrogens with one attached hydrogen (secondary N) is 1. The molecular formula is C24H20N2O. The van der Waals surface area contributed by atoms with Gasteiger partial charge in [-0.3, -0.25) is 4.90 Å². The van der Waals surface area contributed by atoms with Crippen LogP contribution in [0.3, 0.4) is 0 Å². The normalized spacial score (nSPS) is 10.5. The quantitative estimate of drug-likeness (QED) is 0.474. The number of nitrogens with zero attached hydrogens (tertiary/aromatic N) is 1. The van der Waals surface area contributed by atoms with E-state index in [2.05, 4.69) is 11.4 Å². The molecule has 27 heavy (non-hydrogen) atoms.